The predicted molar refractivity (Wildman–Crippen MR) is 57.7 cm³/mol. The second-order valence-electron chi connectivity index (χ2n) is 3.20. The summed E-state index contributed by atoms with van der Waals surface area (Å²) in [6.07, 6.45) is 2.59. The molecule has 0 bridgehead atoms. The van der Waals surface area contributed by atoms with Crippen LogP contribution in [0.3, 0.4) is 0 Å². The van der Waals surface area contributed by atoms with Crippen LogP contribution in [-0.4, -0.2) is 28.9 Å². The Kier molecular flexibility index (Phi) is 4.30. The predicted octanol–water partition coefficient (Wildman–Crippen LogP) is 0.957. The van der Waals surface area contributed by atoms with Gasteiger partial charge in [-0.25, -0.2) is 0 Å². The van der Waals surface area contributed by atoms with E-state index in [0.717, 1.165) is 17.8 Å². The molecule has 0 radical (unpaired) electrons. The zero-order chi connectivity index (χ0) is 11.3. The highest BCUT2D eigenvalue weighted by atomic mass is 16.5. The second kappa shape index (κ2) is 5.50. The summed E-state index contributed by atoms with van der Waals surface area (Å²) in [6, 6.07) is 0. The molecule has 0 aliphatic carbocycles. The number of nitrogens with one attached hydrogen (secondary N) is 1. The van der Waals surface area contributed by atoms with Gasteiger partial charge in [0.05, 0.1) is 11.4 Å². The first-order valence-electron chi connectivity index (χ1n) is 5.07. The lowest BCUT2D eigenvalue weighted by Gasteiger charge is -2.03. The number of hydrogen-bond acceptors (Lipinski definition) is 3. The Morgan fingerprint density at radius 1 is 1.60 bits per heavy atom. The normalized spacial score (nSPS) is 10.3. The van der Waals surface area contributed by atoms with Gasteiger partial charge in [0.15, 0.2) is 0 Å². The van der Waals surface area contributed by atoms with Gasteiger partial charge in [-0.2, -0.15) is 5.10 Å². The number of rotatable bonds is 5. The highest BCUT2D eigenvalue weighted by molar-refractivity contribution is 5.92. The van der Waals surface area contributed by atoms with E-state index >= 15 is 0 Å². The third-order valence-electron chi connectivity index (χ3n) is 1.95. The zero-order valence-electron chi connectivity index (χ0n) is 9.41. The number of amides is 1. The average Bonchev–Trinajstić information content (AvgIpc) is 2.55. The molecule has 0 unspecified atom stereocenters. The average molecular weight is 211 g/mol. The van der Waals surface area contributed by atoms with Crippen LogP contribution in [0.15, 0.2) is 6.20 Å². The van der Waals surface area contributed by atoms with Crippen molar-refractivity contribution in [2.45, 2.75) is 20.3 Å². The number of carbonyl (C=O) groups is 1. The van der Waals surface area contributed by atoms with Crippen molar-refractivity contribution in [3.8, 4) is 0 Å². The maximum Gasteiger partial charge on any atom is 0.250 e. The molecule has 5 nitrogen and oxygen atoms in total. The first kappa shape index (κ1) is 11.7. The minimum Gasteiger partial charge on any atom is -0.372 e. The Bertz CT molecular complexity index is 333. The lowest BCUT2D eigenvalue weighted by Crippen LogP contribution is -2.18. The fraction of sp³-hybridized carbons (Fsp3) is 0.600. The van der Waals surface area contributed by atoms with E-state index in [2.05, 4.69) is 10.4 Å². The van der Waals surface area contributed by atoms with Gasteiger partial charge in [0.1, 0.15) is 6.61 Å². The summed E-state index contributed by atoms with van der Waals surface area (Å²) in [5.74, 6) is -0.139. The van der Waals surface area contributed by atoms with Crippen LogP contribution in [0, 0.1) is 0 Å². The van der Waals surface area contributed by atoms with E-state index in [1.165, 1.54) is 0 Å². The Morgan fingerprint density at radius 2 is 2.33 bits per heavy atom. The van der Waals surface area contributed by atoms with Gasteiger partial charge in [-0.15, -0.1) is 0 Å². The third kappa shape index (κ3) is 3.36. The molecule has 0 atom stereocenters. The molecule has 0 aliphatic heterocycles. The number of nitrogens with zero attached hydrogens (tertiary/aromatic N) is 2. The van der Waals surface area contributed by atoms with E-state index in [9.17, 15) is 4.79 Å². The SMILES string of the molecule is CCOCC(=O)Nc1cn(C)nc1CC. The summed E-state index contributed by atoms with van der Waals surface area (Å²) in [4.78, 5) is 11.4. The lowest BCUT2D eigenvalue weighted by atomic mass is 10.3. The van der Waals surface area contributed by atoms with Crippen molar-refractivity contribution < 1.29 is 9.53 Å². The minimum atomic E-state index is -0.139. The largest absolute Gasteiger partial charge is 0.372 e. The van der Waals surface area contributed by atoms with Gasteiger partial charge >= 0.3 is 0 Å². The van der Waals surface area contributed by atoms with Crippen molar-refractivity contribution >= 4 is 11.6 Å². The third-order valence-corrected chi connectivity index (χ3v) is 1.95. The molecule has 1 amide bonds. The fourth-order valence-electron chi connectivity index (χ4n) is 1.28. The molecule has 1 rings (SSSR count). The molecular formula is C10H17N3O2. The maximum absolute atomic E-state index is 11.4. The first-order chi connectivity index (χ1) is 7.17. The van der Waals surface area contributed by atoms with Gasteiger partial charge in [-0.3, -0.25) is 9.48 Å². The van der Waals surface area contributed by atoms with Crippen LogP contribution in [0.5, 0.6) is 0 Å². The first-order valence-corrected chi connectivity index (χ1v) is 5.07. The van der Waals surface area contributed by atoms with Crippen LogP contribution >= 0.6 is 0 Å². The second-order valence-corrected chi connectivity index (χ2v) is 3.20. The summed E-state index contributed by atoms with van der Waals surface area (Å²) >= 11 is 0. The van der Waals surface area contributed by atoms with E-state index in [1.807, 2.05) is 20.9 Å². The molecule has 1 aromatic heterocycles. The monoisotopic (exact) mass is 211 g/mol. The highest BCUT2D eigenvalue weighted by Gasteiger charge is 2.08. The quantitative estimate of drug-likeness (QED) is 0.789. The van der Waals surface area contributed by atoms with Gasteiger partial charge in [0.25, 0.3) is 0 Å². The van der Waals surface area contributed by atoms with Crippen molar-refractivity contribution in [2.24, 2.45) is 7.05 Å². The summed E-state index contributed by atoms with van der Waals surface area (Å²) in [7, 11) is 1.83. The zero-order valence-corrected chi connectivity index (χ0v) is 9.41. The molecule has 0 spiro atoms. The van der Waals surface area contributed by atoms with Crippen molar-refractivity contribution in [1.29, 1.82) is 0 Å². The van der Waals surface area contributed by atoms with Crippen LogP contribution in [0.25, 0.3) is 0 Å². The molecule has 15 heavy (non-hydrogen) atoms. The van der Waals surface area contributed by atoms with E-state index in [-0.39, 0.29) is 12.5 Å². The molecule has 0 saturated heterocycles. The lowest BCUT2D eigenvalue weighted by molar-refractivity contribution is -0.120. The standard InChI is InChI=1S/C10H17N3O2/c1-4-8-9(6-13(3)12-8)11-10(14)7-15-5-2/h6H,4-5,7H2,1-3H3,(H,11,14). The molecule has 0 aromatic carbocycles. The van der Waals surface area contributed by atoms with Gasteiger partial charge in [-0.1, -0.05) is 6.92 Å². The number of aryl methyl sites for hydroxylation is 2. The molecule has 5 heteroatoms. The number of aromatic nitrogens is 2. The molecule has 1 aromatic rings. The molecule has 0 fully saturated rings. The molecular weight excluding hydrogens is 194 g/mol. The number of carbonyl (C=O) groups excluding carboxylic acids is 1. The summed E-state index contributed by atoms with van der Waals surface area (Å²) in [5.41, 5.74) is 1.66. The van der Waals surface area contributed by atoms with Gasteiger partial charge in [-0.05, 0) is 13.3 Å². The molecule has 84 valence electrons. The number of ether oxygens (including phenoxy) is 1. The smallest absolute Gasteiger partial charge is 0.250 e. The van der Waals surface area contributed by atoms with Gasteiger partial charge < -0.3 is 10.1 Å². The Labute approximate surface area is 89.4 Å². The highest BCUT2D eigenvalue weighted by Crippen LogP contribution is 2.13. The van der Waals surface area contributed by atoms with Crippen molar-refractivity contribution in [3.63, 3.8) is 0 Å². The summed E-state index contributed by atoms with van der Waals surface area (Å²) in [5, 5.41) is 6.99. The van der Waals surface area contributed by atoms with E-state index < -0.39 is 0 Å². The van der Waals surface area contributed by atoms with Crippen molar-refractivity contribution in [3.05, 3.63) is 11.9 Å². The van der Waals surface area contributed by atoms with E-state index in [0.29, 0.717) is 6.61 Å². The topological polar surface area (TPSA) is 56.1 Å². The fourth-order valence-corrected chi connectivity index (χ4v) is 1.28. The summed E-state index contributed by atoms with van der Waals surface area (Å²) in [6.45, 7) is 4.49. The molecule has 1 heterocycles. The Hall–Kier alpha value is -1.36. The Morgan fingerprint density at radius 3 is 2.93 bits per heavy atom. The van der Waals surface area contributed by atoms with Crippen LogP contribution in [0.4, 0.5) is 5.69 Å². The van der Waals surface area contributed by atoms with Crippen LogP contribution < -0.4 is 5.32 Å². The van der Waals surface area contributed by atoms with Crippen LogP contribution in [0.2, 0.25) is 0 Å². The van der Waals surface area contributed by atoms with E-state index in [4.69, 9.17) is 4.74 Å². The van der Waals surface area contributed by atoms with E-state index in [1.54, 1.807) is 10.9 Å². The van der Waals surface area contributed by atoms with Gasteiger partial charge in [0.2, 0.25) is 5.91 Å². The molecule has 0 aliphatic rings. The van der Waals surface area contributed by atoms with Gasteiger partial charge in [0, 0.05) is 19.9 Å². The minimum absolute atomic E-state index is 0.0918. The number of anilines is 1. The molecule has 1 N–H and O–H groups in total. The van der Waals surface area contributed by atoms with Crippen LogP contribution in [0.1, 0.15) is 19.5 Å². The van der Waals surface area contributed by atoms with Crippen molar-refractivity contribution in [2.75, 3.05) is 18.5 Å². The van der Waals surface area contributed by atoms with Crippen LogP contribution in [-0.2, 0) is 23.0 Å². The Balaban J connectivity index is 2.59. The van der Waals surface area contributed by atoms with Crippen molar-refractivity contribution in [1.82, 2.24) is 9.78 Å². The molecule has 0 saturated carbocycles. The number of hydrogen-bond donors (Lipinski definition) is 1. The maximum atomic E-state index is 11.4. The summed E-state index contributed by atoms with van der Waals surface area (Å²) < 4.78 is 6.70.